The van der Waals surface area contributed by atoms with E-state index in [0.29, 0.717) is 25.2 Å². The molecule has 22 heavy (non-hydrogen) atoms. The van der Waals surface area contributed by atoms with Crippen molar-refractivity contribution in [2.75, 3.05) is 6.61 Å². The van der Waals surface area contributed by atoms with Crippen molar-refractivity contribution in [2.45, 2.75) is 26.7 Å². The van der Waals surface area contributed by atoms with E-state index in [1.807, 2.05) is 44.2 Å². The van der Waals surface area contributed by atoms with Crippen molar-refractivity contribution in [2.24, 2.45) is 0 Å². The first-order chi connectivity index (χ1) is 10.6. The highest BCUT2D eigenvalue weighted by molar-refractivity contribution is 6.32. The molecule has 2 aromatic carbocycles. The minimum absolute atomic E-state index is 0.252. The van der Waals surface area contributed by atoms with Gasteiger partial charge in [-0.2, -0.15) is 0 Å². The van der Waals surface area contributed by atoms with E-state index in [1.165, 1.54) is 0 Å². The Bertz CT molecular complexity index is 615. The summed E-state index contributed by atoms with van der Waals surface area (Å²) in [4.78, 5) is 11.7. The lowest BCUT2D eigenvalue weighted by Gasteiger charge is -2.10. The van der Waals surface area contributed by atoms with Gasteiger partial charge in [0.1, 0.15) is 11.5 Å². The molecular formula is C18H19ClO3. The van der Waals surface area contributed by atoms with Crippen LogP contribution in [0.4, 0.5) is 0 Å². The number of esters is 1. The number of carbonyl (C=O) groups is 1. The third kappa shape index (κ3) is 4.78. The fourth-order valence-corrected chi connectivity index (χ4v) is 2.18. The van der Waals surface area contributed by atoms with Gasteiger partial charge in [0, 0.05) is 11.4 Å². The molecule has 0 heterocycles. The molecule has 4 heteroatoms. The smallest absolute Gasteiger partial charge is 0.311 e. The number of rotatable bonds is 6. The van der Waals surface area contributed by atoms with Gasteiger partial charge in [0.25, 0.3) is 0 Å². The number of hydrogen-bond donors (Lipinski definition) is 0. The molecule has 0 aliphatic heterocycles. The first kappa shape index (κ1) is 16.4. The molecule has 2 rings (SSSR count). The van der Waals surface area contributed by atoms with Gasteiger partial charge in [0.15, 0.2) is 0 Å². The minimum Gasteiger partial charge on any atom is -0.494 e. The molecule has 2 aromatic rings. The Morgan fingerprint density at radius 1 is 1.05 bits per heavy atom. The van der Waals surface area contributed by atoms with Gasteiger partial charge in [-0.3, -0.25) is 4.79 Å². The highest BCUT2D eigenvalue weighted by atomic mass is 35.5. The van der Waals surface area contributed by atoms with Crippen LogP contribution >= 0.6 is 11.6 Å². The van der Waals surface area contributed by atoms with Crippen molar-refractivity contribution in [3.05, 3.63) is 58.6 Å². The summed E-state index contributed by atoms with van der Waals surface area (Å²) in [5, 5.41) is 0.763. The second kappa shape index (κ2) is 7.85. The first-order valence-electron chi connectivity index (χ1n) is 7.21. The average molecular weight is 319 g/mol. The van der Waals surface area contributed by atoms with Gasteiger partial charge in [-0.15, -0.1) is 0 Å². The van der Waals surface area contributed by atoms with Crippen molar-refractivity contribution >= 4 is 17.6 Å². The molecule has 0 amide bonds. The zero-order chi connectivity index (χ0) is 15.9. The van der Waals surface area contributed by atoms with E-state index in [0.717, 1.165) is 21.9 Å². The van der Waals surface area contributed by atoms with E-state index in [4.69, 9.17) is 21.1 Å². The zero-order valence-corrected chi connectivity index (χ0v) is 13.5. The fraction of sp³-hybridized carbons (Fsp3) is 0.278. The molecule has 0 aliphatic rings. The van der Waals surface area contributed by atoms with E-state index in [2.05, 4.69) is 0 Å². The van der Waals surface area contributed by atoms with Gasteiger partial charge in [-0.25, -0.2) is 0 Å². The lowest BCUT2D eigenvalue weighted by molar-refractivity contribution is -0.134. The van der Waals surface area contributed by atoms with Crippen LogP contribution in [0.25, 0.3) is 0 Å². The predicted octanol–water partition coefficient (Wildman–Crippen LogP) is 4.72. The topological polar surface area (TPSA) is 35.5 Å². The molecule has 0 bridgehead atoms. The summed E-state index contributed by atoms with van der Waals surface area (Å²) in [6.45, 7) is 4.35. The van der Waals surface area contributed by atoms with Gasteiger partial charge in [0.2, 0.25) is 0 Å². The molecule has 0 radical (unpaired) electrons. The Balaban J connectivity index is 1.74. The predicted molar refractivity (Wildman–Crippen MR) is 87.7 cm³/mol. The molecular weight excluding hydrogens is 300 g/mol. The van der Waals surface area contributed by atoms with Crippen molar-refractivity contribution in [1.82, 2.24) is 0 Å². The minimum atomic E-state index is -0.252. The van der Waals surface area contributed by atoms with Crippen LogP contribution in [0.2, 0.25) is 5.02 Å². The highest BCUT2D eigenvalue weighted by Crippen LogP contribution is 2.25. The Labute approximate surface area is 135 Å². The molecule has 3 nitrogen and oxygen atoms in total. The average Bonchev–Trinajstić information content (AvgIpc) is 2.50. The number of halogens is 1. The van der Waals surface area contributed by atoms with Crippen LogP contribution in [0, 0.1) is 13.8 Å². The van der Waals surface area contributed by atoms with Gasteiger partial charge in [-0.1, -0.05) is 29.8 Å². The molecule has 0 aromatic heterocycles. The summed E-state index contributed by atoms with van der Waals surface area (Å²) in [7, 11) is 0. The van der Waals surface area contributed by atoms with E-state index in [-0.39, 0.29) is 5.97 Å². The monoisotopic (exact) mass is 318 g/mol. The van der Waals surface area contributed by atoms with Crippen LogP contribution in [-0.2, 0) is 4.79 Å². The number of benzene rings is 2. The van der Waals surface area contributed by atoms with Crippen molar-refractivity contribution in [1.29, 1.82) is 0 Å². The van der Waals surface area contributed by atoms with E-state index in [1.54, 1.807) is 12.1 Å². The normalized spacial score (nSPS) is 10.3. The van der Waals surface area contributed by atoms with Gasteiger partial charge < -0.3 is 9.47 Å². The summed E-state index contributed by atoms with van der Waals surface area (Å²) < 4.78 is 10.9. The molecule has 0 atom stereocenters. The van der Waals surface area contributed by atoms with Crippen molar-refractivity contribution < 1.29 is 14.3 Å². The van der Waals surface area contributed by atoms with Crippen molar-refractivity contribution in [3.63, 3.8) is 0 Å². The standard InChI is InChI=1S/C18H19ClO3/c1-13-11-16(12-14(2)18(13)19)21-10-6-9-17(20)22-15-7-4-3-5-8-15/h3-5,7-8,11-12H,6,9-10H2,1-2H3. The van der Waals surface area contributed by atoms with Crippen molar-refractivity contribution in [3.8, 4) is 11.5 Å². The molecule has 0 aliphatic carbocycles. The summed E-state index contributed by atoms with van der Waals surface area (Å²) in [5.41, 5.74) is 1.97. The second-order valence-corrected chi connectivity index (χ2v) is 5.49. The maximum absolute atomic E-state index is 11.7. The largest absolute Gasteiger partial charge is 0.494 e. The maximum atomic E-state index is 11.7. The highest BCUT2D eigenvalue weighted by Gasteiger charge is 2.06. The number of aryl methyl sites for hydroxylation is 2. The molecule has 116 valence electrons. The van der Waals surface area contributed by atoms with Crippen LogP contribution in [0.5, 0.6) is 11.5 Å². The fourth-order valence-electron chi connectivity index (χ4n) is 2.07. The SMILES string of the molecule is Cc1cc(OCCCC(=O)Oc2ccccc2)cc(C)c1Cl. The van der Waals surface area contributed by atoms with Gasteiger partial charge in [0.05, 0.1) is 6.61 Å². The Morgan fingerprint density at radius 2 is 1.68 bits per heavy atom. The third-order valence-electron chi connectivity index (χ3n) is 3.18. The lowest BCUT2D eigenvalue weighted by atomic mass is 10.1. The third-order valence-corrected chi connectivity index (χ3v) is 3.78. The summed E-state index contributed by atoms with van der Waals surface area (Å²) in [6.07, 6.45) is 0.923. The Hall–Kier alpha value is -2.00. The Kier molecular flexibility index (Phi) is 5.84. The van der Waals surface area contributed by atoms with Crippen LogP contribution in [0.15, 0.2) is 42.5 Å². The first-order valence-corrected chi connectivity index (χ1v) is 7.59. The molecule has 0 saturated heterocycles. The molecule has 0 saturated carbocycles. The van der Waals surface area contributed by atoms with Gasteiger partial charge in [-0.05, 0) is 55.7 Å². The van der Waals surface area contributed by atoms with Crippen LogP contribution in [0.1, 0.15) is 24.0 Å². The zero-order valence-electron chi connectivity index (χ0n) is 12.8. The molecule has 0 fully saturated rings. The summed E-state index contributed by atoms with van der Waals surface area (Å²) in [6, 6.07) is 12.9. The second-order valence-electron chi connectivity index (χ2n) is 5.11. The van der Waals surface area contributed by atoms with E-state index >= 15 is 0 Å². The molecule has 0 unspecified atom stereocenters. The van der Waals surface area contributed by atoms with Gasteiger partial charge >= 0.3 is 5.97 Å². The van der Waals surface area contributed by atoms with E-state index < -0.39 is 0 Å². The lowest BCUT2D eigenvalue weighted by Crippen LogP contribution is -2.09. The summed E-state index contributed by atoms with van der Waals surface area (Å²) in [5.74, 6) is 1.09. The Morgan fingerprint density at radius 3 is 2.32 bits per heavy atom. The summed E-state index contributed by atoms with van der Waals surface area (Å²) >= 11 is 6.11. The molecule has 0 spiro atoms. The molecule has 0 N–H and O–H groups in total. The number of hydrogen-bond acceptors (Lipinski definition) is 3. The number of ether oxygens (including phenoxy) is 2. The van der Waals surface area contributed by atoms with E-state index in [9.17, 15) is 4.79 Å². The quantitative estimate of drug-likeness (QED) is 0.439. The van der Waals surface area contributed by atoms with Crippen LogP contribution in [0.3, 0.4) is 0 Å². The number of carbonyl (C=O) groups excluding carboxylic acids is 1. The maximum Gasteiger partial charge on any atom is 0.311 e. The van der Waals surface area contributed by atoms with Crippen LogP contribution in [-0.4, -0.2) is 12.6 Å². The number of para-hydroxylation sites is 1. The van der Waals surface area contributed by atoms with Crippen LogP contribution < -0.4 is 9.47 Å².